The van der Waals surface area contributed by atoms with Crippen molar-refractivity contribution in [3.05, 3.63) is 53.0 Å². The molecule has 0 aromatic heterocycles. The lowest BCUT2D eigenvalue weighted by Gasteiger charge is -2.42. The van der Waals surface area contributed by atoms with Crippen molar-refractivity contribution >= 4 is 43.7 Å². The van der Waals surface area contributed by atoms with Crippen LogP contribution in [0.1, 0.15) is 13.8 Å². The van der Waals surface area contributed by atoms with E-state index in [1.54, 1.807) is 38.1 Å². The van der Waals surface area contributed by atoms with Crippen LogP contribution in [0.3, 0.4) is 0 Å². The molecule has 1 heterocycles. The molecule has 2 aromatic carbocycles. The van der Waals surface area contributed by atoms with Crippen LogP contribution in [-0.4, -0.2) is 46.9 Å². The van der Waals surface area contributed by atoms with Crippen molar-refractivity contribution < 1.29 is 18.3 Å². The minimum absolute atomic E-state index is 0.109. The molecule has 1 fully saturated rings. The average molecular weight is 470 g/mol. The monoisotopic (exact) mass is 469 g/mol. The second-order valence-corrected chi connectivity index (χ2v) is 11.4. The number of carbonyl (C=O) groups is 1. The number of rotatable bonds is 4. The summed E-state index contributed by atoms with van der Waals surface area (Å²) in [4.78, 5) is 11.9. The number of hydrogen-bond donors (Lipinski definition) is 1. The third kappa shape index (κ3) is 4.08. The van der Waals surface area contributed by atoms with Gasteiger partial charge in [-0.2, -0.15) is 16.1 Å². The molecule has 1 aliphatic heterocycles. The highest BCUT2D eigenvalue weighted by Gasteiger charge is 2.48. The van der Waals surface area contributed by atoms with E-state index in [9.17, 15) is 18.3 Å². The zero-order chi connectivity index (χ0) is 19.8. The molecule has 3 rings (SSSR count). The molecule has 5 nitrogen and oxygen atoms in total. The summed E-state index contributed by atoms with van der Waals surface area (Å²) in [7, 11) is -3.90. The van der Waals surface area contributed by atoms with E-state index in [1.165, 1.54) is 11.8 Å². The van der Waals surface area contributed by atoms with Crippen LogP contribution in [0.25, 0.3) is 11.1 Å². The predicted molar refractivity (Wildman–Crippen MR) is 111 cm³/mol. The molecule has 1 aliphatic rings. The van der Waals surface area contributed by atoms with Gasteiger partial charge in [-0.25, -0.2) is 8.42 Å². The van der Waals surface area contributed by atoms with Crippen molar-refractivity contribution in [2.24, 2.45) is 0 Å². The van der Waals surface area contributed by atoms with E-state index < -0.39 is 26.8 Å². The Kier molecular flexibility index (Phi) is 5.72. The van der Waals surface area contributed by atoms with E-state index in [0.29, 0.717) is 5.75 Å². The molecule has 0 bridgehead atoms. The van der Waals surface area contributed by atoms with Crippen LogP contribution in [-0.2, 0) is 14.8 Å². The van der Waals surface area contributed by atoms with Crippen LogP contribution in [0, 0.1) is 0 Å². The van der Waals surface area contributed by atoms with Gasteiger partial charge in [-0.3, -0.25) is 4.79 Å². The maximum atomic E-state index is 13.1. The molecule has 27 heavy (non-hydrogen) atoms. The Morgan fingerprint density at radius 3 is 2.15 bits per heavy atom. The molecular formula is C19H20BrNO4S2. The first kappa shape index (κ1) is 20.4. The molecule has 0 unspecified atom stereocenters. The molecule has 1 saturated heterocycles. The third-order valence-corrected chi connectivity index (χ3v) is 8.37. The van der Waals surface area contributed by atoms with Crippen molar-refractivity contribution in [2.45, 2.75) is 29.5 Å². The van der Waals surface area contributed by atoms with E-state index in [-0.39, 0.29) is 11.4 Å². The van der Waals surface area contributed by atoms with Gasteiger partial charge in [0.15, 0.2) is 0 Å². The minimum Gasteiger partial charge on any atom is -0.480 e. The Hall–Kier alpha value is -1.35. The molecule has 8 heteroatoms. The predicted octanol–water partition coefficient (Wildman–Crippen LogP) is 4.09. The van der Waals surface area contributed by atoms with Gasteiger partial charge in [0.1, 0.15) is 6.04 Å². The van der Waals surface area contributed by atoms with Crippen LogP contribution in [0.15, 0.2) is 57.9 Å². The number of thioether (sulfide) groups is 1. The molecule has 0 spiro atoms. The molecule has 2 aromatic rings. The summed E-state index contributed by atoms with van der Waals surface area (Å²) < 4.78 is 27.7. The van der Waals surface area contributed by atoms with Crippen molar-refractivity contribution in [3.8, 4) is 11.1 Å². The van der Waals surface area contributed by atoms with Crippen molar-refractivity contribution in [2.75, 3.05) is 12.3 Å². The van der Waals surface area contributed by atoms with Crippen LogP contribution in [0.5, 0.6) is 0 Å². The van der Waals surface area contributed by atoms with E-state index in [0.717, 1.165) is 19.9 Å². The van der Waals surface area contributed by atoms with Gasteiger partial charge in [0.2, 0.25) is 10.0 Å². The number of benzene rings is 2. The molecular weight excluding hydrogens is 450 g/mol. The molecule has 0 amide bonds. The fourth-order valence-electron chi connectivity index (χ4n) is 3.23. The van der Waals surface area contributed by atoms with Gasteiger partial charge in [-0.1, -0.05) is 40.2 Å². The summed E-state index contributed by atoms with van der Waals surface area (Å²) in [6, 6.07) is 13.2. The maximum Gasteiger partial charge on any atom is 0.323 e. The summed E-state index contributed by atoms with van der Waals surface area (Å²) in [5, 5.41) is 9.65. The lowest BCUT2D eigenvalue weighted by molar-refractivity contribution is -0.142. The molecule has 144 valence electrons. The summed E-state index contributed by atoms with van der Waals surface area (Å²) in [5.41, 5.74) is 1.87. The van der Waals surface area contributed by atoms with Gasteiger partial charge >= 0.3 is 5.97 Å². The van der Waals surface area contributed by atoms with Gasteiger partial charge in [0, 0.05) is 21.5 Å². The van der Waals surface area contributed by atoms with E-state index in [1.807, 2.05) is 24.3 Å². The lowest BCUT2D eigenvalue weighted by atomic mass is 10.0. The number of carboxylic acid groups (broad SMARTS) is 1. The molecule has 0 saturated carbocycles. The number of hydrogen-bond acceptors (Lipinski definition) is 4. The molecule has 1 N–H and O–H groups in total. The van der Waals surface area contributed by atoms with Gasteiger partial charge in [0.25, 0.3) is 0 Å². The van der Waals surface area contributed by atoms with Gasteiger partial charge in [0.05, 0.1) is 4.90 Å². The van der Waals surface area contributed by atoms with E-state index in [4.69, 9.17) is 0 Å². The smallest absolute Gasteiger partial charge is 0.323 e. The number of nitrogens with zero attached hydrogens (tertiary/aromatic N) is 1. The second-order valence-electron chi connectivity index (χ2n) is 6.84. The first-order valence-corrected chi connectivity index (χ1v) is 11.6. The zero-order valence-corrected chi connectivity index (χ0v) is 18.1. The first-order valence-electron chi connectivity index (χ1n) is 8.37. The number of halogens is 1. The summed E-state index contributed by atoms with van der Waals surface area (Å²) in [5.74, 6) is -0.560. The third-order valence-electron chi connectivity index (χ3n) is 4.60. The molecule has 1 atom stereocenters. The van der Waals surface area contributed by atoms with Gasteiger partial charge in [-0.15, -0.1) is 0 Å². The van der Waals surface area contributed by atoms with Crippen LogP contribution >= 0.6 is 27.7 Å². The van der Waals surface area contributed by atoms with Crippen molar-refractivity contribution in [1.82, 2.24) is 4.31 Å². The van der Waals surface area contributed by atoms with Crippen molar-refractivity contribution in [3.63, 3.8) is 0 Å². The Morgan fingerprint density at radius 1 is 1.11 bits per heavy atom. The standard InChI is InChI=1S/C19H20BrNO4S2/c1-19(2)17(18(22)23)21(11-12-26-19)27(24,25)16-9-5-14(6-10-16)13-3-7-15(20)8-4-13/h3-10,17H,11-12H2,1-2H3,(H,22,23)/t17-/m0/s1. The topological polar surface area (TPSA) is 74.7 Å². The first-order chi connectivity index (χ1) is 12.6. The quantitative estimate of drug-likeness (QED) is 0.729. The highest BCUT2D eigenvalue weighted by molar-refractivity contribution is 9.10. The average Bonchev–Trinajstić information content (AvgIpc) is 2.61. The maximum absolute atomic E-state index is 13.1. The fourth-order valence-corrected chi connectivity index (χ4v) is 6.59. The van der Waals surface area contributed by atoms with Crippen LogP contribution < -0.4 is 0 Å². The van der Waals surface area contributed by atoms with Gasteiger partial charge in [-0.05, 0) is 49.2 Å². The Balaban J connectivity index is 1.94. The number of aliphatic carboxylic acids is 1. The van der Waals surface area contributed by atoms with E-state index >= 15 is 0 Å². The van der Waals surface area contributed by atoms with E-state index in [2.05, 4.69) is 15.9 Å². The Morgan fingerprint density at radius 2 is 1.63 bits per heavy atom. The fraction of sp³-hybridized carbons (Fsp3) is 0.316. The second kappa shape index (κ2) is 7.58. The number of sulfonamides is 1. The Bertz CT molecular complexity index is 941. The highest BCUT2D eigenvalue weighted by atomic mass is 79.9. The number of carboxylic acids is 1. The summed E-state index contributed by atoms with van der Waals surface area (Å²) in [6.45, 7) is 3.73. The van der Waals surface area contributed by atoms with Crippen LogP contribution in [0.2, 0.25) is 0 Å². The molecule has 0 radical (unpaired) electrons. The largest absolute Gasteiger partial charge is 0.480 e. The summed E-state index contributed by atoms with van der Waals surface area (Å²) in [6.07, 6.45) is 0. The highest BCUT2D eigenvalue weighted by Crippen LogP contribution is 2.38. The molecule has 0 aliphatic carbocycles. The SMILES string of the molecule is CC1(C)SCCN(S(=O)(=O)c2ccc(-c3ccc(Br)cc3)cc2)[C@H]1C(=O)O. The normalized spacial score (nSPS) is 20.3. The van der Waals surface area contributed by atoms with Crippen LogP contribution in [0.4, 0.5) is 0 Å². The summed E-state index contributed by atoms with van der Waals surface area (Å²) >= 11 is 4.87. The zero-order valence-electron chi connectivity index (χ0n) is 14.9. The minimum atomic E-state index is -3.90. The lowest BCUT2D eigenvalue weighted by Crippen LogP contribution is -2.58. The van der Waals surface area contributed by atoms with Gasteiger partial charge < -0.3 is 5.11 Å². The van der Waals surface area contributed by atoms with Crippen molar-refractivity contribution in [1.29, 1.82) is 0 Å². The Labute approximate surface area is 172 Å².